The van der Waals surface area contributed by atoms with Crippen LogP contribution in [0.1, 0.15) is 45.1 Å². The lowest BCUT2D eigenvalue weighted by Gasteiger charge is -2.03. The Hall–Kier alpha value is -1.44. The SMILES string of the molecule is CCCCCC(=Cc1cccnc1)C(C)=O. The van der Waals surface area contributed by atoms with Gasteiger partial charge in [-0.2, -0.15) is 0 Å². The monoisotopic (exact) mass is 217 g/mol. The van der Waals surface area contributed by atoms with E-state index in [1.165, 1.54) is 12.8 Å². The van der Waals surface area contributed by atoms with Crippen molar-refractivity contribution in [3.05, 3.63) is 35.7 Å². The zero-order valence-corrected chi connectivity index (χ0v) is 10.1. The molecule has 0 spiro atoms. The molecule has 0 aliphatic carbocycles. The zero-order chi connectivity index (χ0) is 11.8. The van der Waals surface area contributed by atoms with E-state index in [4.69, 9.17) is 0 Å². The molecule has 0 saturated carbocycles. The molecule has 2 nitrogen and oxygen atoms in total. The second-order valence-corrected chi connectivity index (χ2v) is 3.97. The first kappa shape index (κ1) is 12.6. The molecule has 0 aromatic carbocycles. The van der Waals surface area contributed by atoms with Gasteiger partial charge in [-0.15, -0.1) is 0 Å². The molecular weight excluding hydrogens is 198 g/mol. The summed E-state index contributed by atoms with van der Waals surface area (Å²) in [6.45, 7) is 3.80. The number of hydrogen-bond acceptors (Lipinski definition) is 2. The van der Waals surface area contributed by atoms with Gasteiger partial charge in [-0.25, -0.2) is 0 Å². The molecule has 1 heterocycles. The van der Waals surface area contributed by atoms with Gasteiger partial charge in [0.25, 0.3) is 0 Å². The number of carbonyl (C=O) groups excluding carboxylic acids is 1. The van der Waals surface area contributed by atoms with Crippen LogP contribution in [0.4, 0.5) is 0 Å². The molecule has 0 N–H and O–H groups in total. The van der Waals surface area contributed by atoms with Crippen LogP contribution < -0.4 is 0 Å². The largest absolute Gasteiger partial charge is 0.295 e. The molecule has 0 aliphatic rings. The van der Waals surface area contributed by atoms with E-state index in [1.807, 2.05) is 18.2 Å². The molecular formula is C14H19NO. The van der Waals surface area contributed by atoms with E-state index in [2.05, 4.69) is 11.9 Å². The molecule has 0 radical (unpaired) electrons. The Kier molecular flexibility index (Phi) is 5.48. The Morgan fingerprint density at radius 1 is 1.44 bits per heavy atom. The summed E-state index contributed by atoms with van der Waals surface area (Å²) in [4.78, 5) is 15.5. The van der Waals surface area contributed by atoms with Crippen molar-refractivity contribution < 1.29 is 4.79 Å². The first-order valence-electron chi connectivity index (χ1n) is 5.85. The van der Waals surface area contributed by atoms with Crippen LogP contribution in [0.15, 0.2) is 30.1 Å². The van der Waals surface area contributed by atoms with Crippen molar-refractivity contribution in [1.82, 2.24) is 4.98 Å². The van der Waals surface area contributed by atoms with Crippen LogP contribution >= 0.6 is 0 Å². The summed E-state index contributed by atoms with van der Waals surface area (Å²) in [5, 5.41) is 0. The maximum Gasteiger partial charge on any atom is 0.155 e. The Balaban J connectivity index is 2.70. The second-order valence-electron chi connectivity index (χ2n) is 3.97. The molecule has 86 valence electrons. The Morgan fingerprint density at radius 2 is 2.25 bits per heavy atom. The highest BCUT2D eigenvalue weighted by Gasteiger charge is 2.03. The average molecular weight is 217 g/mol. The van der Waals surface area contributed by atoms with Gasteiger partial charge in [-0.3, -0.25) is 9.78 Å². The highest BCUT2D eigenvalue weighted by Crippen LogP contribution is 2.14. The summed E-state index contributed by atoms with van der Waals surface area (Å²) in [7, 11) is 0. The lowest BCUT2D eigenvalue weighted by molar-refractivity contribution is -0.113. The summed E-state index contributed by atoms with van der Waals surface area (Å²) in [6.07, 6.45) is 9.78. The van der Waals surface area contributed by atoms with Crippen molar-refractivity contribution in [2.75, 3.05) is 0 Å². The van der Waals surface area contributed by atoms with Gasteiger partial charge in [0.15, 0.2) is 5.78 Å². The van der Waals surface area contributed by atoms with Crippen LogP contribution in [0.3, 0.4) is 0 Å². The summed E-state index contributed by atoms with van der Waals surface area (Å²) in [5.41, 5.74) is 1.91. The van der Waals surface area contributed by atoms with Gasteiger partial charge in [-0.1, -0.05) is 25.8 Å². The third kappa shape index (κ3) is 4.39. The van der Waals surface area contributed by atoms with E-state index in [0.717, 1.165) is 24.0 Å². The van der Waals surface area contributed by atoms with Crippen LogP contribution in [0.25, 0.3) is 6.08 Å². The van der Waals surface area contributed by atoms with E-state index < -0.39 is 0 Å². The van der Waals surface area contributed by atoms with Crippen molar-refractivity contribution in [2.45, 2.75) is 39.5 Å². The van der Waals surface area contributed by atoms with Gasteiger partial charge in [0, 0.05) is 12.4 Å². The quantitative estimate of drug-likeness (QED) is 0.538. The van der Waals surface area contributed by atoms with Crippen molar-refractivity contribution in [3.63, 3.8) is 0 Å². The number of rotatable bonds is 6. The predicted octanol–water partition coefficient (Wildman–Crippen LogP) is 3.63. The molecule has 2 heteroatoms. The maximum absolute atomic E-state index is 11.5. The fraction of sp³-hybridized carbons (Fsp3) is 0.429. The number of Topliss-reactive ketones (excluding diaryl/α,β-unsaturated/α-hetero) is 1. The van der Waals surface area contributed by atoms with E-state index in [-0.39, 0.29) is 5.78 Å². The third-order valence-corrected chi connectivity index (χ3v) is 2.53. The summed E-state index contributed by atoms with van der Waals surface area (Å²) in [5.74, 6) is 0.167. The molecule has 0 amide bonds. The number of carbonyl (C=O) groups is 1. The fourth-order valence-electron chi connectivity index (χ4n) is 1.58. The molecule has 0 bridgehead atoms. The molecule has 1 aromatic rings. The number of aromatic nitrogens is 1. The van der Waals surface area contributed by atoms with Crippen LogP contribution in [-0.4, -0.2) is 10.8 Å². The average Bonchev–Trinajstić information content (AvgIpc) is 2.29. The zero-order valence-electron chi connectivity index (χ0n) is 10.1. The van der Waals surface area contributed by atoms with Crippen molar-refractivity contribution >= 4 is 11.9 Å². The number of nitrogens with zero attached hydrogens (tertiary/aromatic N) is 1. The Morgan fingerprint density at radius 3 is 2.81 bits per heavy atom. The van der Waals surface area contributed by atoms with Crippen LogP contribution in [0.5, 0.6) is 0 Å². The smallest absolute Gasteiger partial charge is 0.155 e. The first-order chi connectivity index (χ1) is 7.74. The lowest BCUT2D eigenvalue weighted by atomic mass is 10.0. The minimum absolute atomic E-state index is 0.167. The lowest BCUT2D eigenvalue weighted by Crippen LogP contribution is -1.96. The van der Waals surface area contributed by atoms with Gasteiger partial charge < -0.3 is 0 Å². The van der Waals surface area contributed by atoms with Gasteiger partial charge >= 0.3 is 0 Å². The van der Waals surface area contributed by atoms with Crippen LogP contribution in [0.2, 0.25) is 0 Å². The van der Waals surface area contributed by atoms with Gasteiger partial charge in [0.05, 0.1) is 0 Å². The summed E-state index contributed by atoms with van der Waals surface area (Å²) in [6, 6.07) is 3.85. The number of hydrogen-bond donors (Lipinski definition) is 0. The summed E-state index contributed by atoms with van der Waals surface area (Å²) < 4.78 is 0. The van der Waals surface area contributed by atoms with Crippen LogP contribution in [-0.2, 0) is 4.79 Å². The van der Waals surface area contributed by atoms with E-state index in [9.17, 15) is 4.79 Å². The third-order valence-electron chi connectivity index (χ3n) is 2.53. The molecule has 16 heavy (non-hydrogen) atoms. The highest BCUT2D eigenvalue weighted by molar-refractivity contribution is 5.97. The minimum Gasteiger partial charge on any atom is -0.295 e. The first-order valence-corrected chi connectivity index (χ1v) is 5.85. The number of ketones is 1. The number of allylic oxidation sites excluding steroid dienone is 1. The molecule has 0 atom stereocenters. The molecule has 1 rings (SSSR count). The normalized spacial score (nSPS) is 11.5. The molecule has 0 aliphatic heterocycles. The molecule has 0 fully saturated rings. The predicted molar refractivity (Wildman–Crippen MR) is 67.0 cm³/mol. The Labute approximate surface area is 97.4 Å². The fourth-order valence-corrected chi connectivity index (χ4v) is 1.58. The van der Waals surface area contributed by atoms with E-state index in [1.54, 1.807) is 19.3 Å². The topological polar surface area (TPSA) is 30.0 Å². The van der Waals surface area contributed by atoms with Gasteiger partial charge in [0.1, 0.15) is 0 Å². The van der Waals surface area contributed by atoms with Crippen LogP contribution in [0, 0.1) is 0 Å². The second kappa shape index (κ2) is 6.94. The van der Waals surface area contributed by atoms with Crippen molar-refractivity contribution in [1.29, 1.82) is 0 Å². The minimum atomic E-state index is 0.167. The number of pyridine rings is 1. The van der Waals surface area contributed by atoms with Gasteiger partial charge in [-0.05, 0) is 43.0 Å². The molecule has 0 unspecified atom stereocenters. The standard InChI is InChI=1S/C14H19NO/c1-3-4-5-8-14(12(2)16)10-13-7-6-9-15-11-13/h6-7,9-11H,3-5,8H2,1-2H3. The van der Waals surface area contributed by atoms with Crippen molar-refractivity contribution in [2.24, 2.45) is 0 Å². The van der Waals surface area contributed by atoms with E-state index in [0.29, 0.717) is 0 Å². The summed E-state index contributed by atoms with van der Waals surface area (Å²) >= 11 is 0. The molecule has 0 saturated heterocycles. The number of unbranched alkanes of at least 4 members (excludes halogenated alkanes) is 2. The highest BCUT2D eigenvalue weighted by atomic mass is 16.1. The van der Waals surface area contributed by atoms with Crippen molar-refractivity contribution in [3.8, 4) is 0 Å². The Bertz CT molecular complexity index is 354. The maximum atomic E-state index is 11.5. The van der Waals surface area contributed by atoms with E-state index >= 15 is 0 Å². The van der Waals surface area contributed by atoms with Gasteiger partial charge in [0.2, 0.25) is 0 Å². The molecule has 1 aromatic heterocycles.